The summed E-state index contributed by atoms with van der Waals surface area (Å²) >= 11 is 0. The monoisotopic (exact) mass is 257 g/mol. The molecule has 100 valence electrons. The lowest BCUT2D eigenvalue weighted by atomic mass is 10.0. The largest absolute Gasteiger partial charge is 0.493 e. The topological polar surface area (TPSA) is 39.1 Å². The Kier molecular flexibility index (Phi) is 3.15. The van der Waals surface area contributed by atoms with Gasteiger partial charge in [-0.1, -0.05) is 18.2 Å². The van der Waals surface area contributed by atoms with Gasteiger partial charge in [-0.25, -0.2) is 4.98 Å². The SMILES string of the molecule is CC(C)n1ccnc1NC1CCOc2ccccc21. The number of rotatable bonds is 3. The first-order valence-corrected chi connectivity index (χ1v) is 6.77. The van der Waals surface area contributed by atoms with Crippen molar-refractivity contribution in [3.05, 3.63) is 42.2 Å². The van der Waals surface area contributed by atoms with Crippen LogP contribution in [-0.4, -0.2) is 16.2 Å². The number of nitrogens with one attached hydrogen (secondary N) is 1. The van der Waals surface area contributed by atoms with Crippen LogP contribution in [0, 0.1) is 0 Å². The number of ether oxygens (including phenoxy) is 1. The second-order valence-corrected chi connectivity index (χ2v) is 5.12. The molecule has 1 atom stereocenters. The quantitative estimate of drug-likeness (QED) is 0.916. The number of aromatic nitrogens is 2. The summed E-state index contributed by atoms with van der Waals surface area (Å²) in [4.78, 5) is 4.42. The zero-order valence-electron chi connectivity index (χ0n) is 11.3. The van der Waals surface area contributed by atoms with Crippen molar-refractivity contribution in [1.82, 2.24) is 9.55 Å². The summed E-state index contributed by atoms with van der Waals surface area (Å²) in [5.74, 6) is 1.91. The highest BCUT2D eigenvalue weighted by molar-refractivity contribution is 5.42. The van der Waals surface area contributed by atoms with Gasteiger partial charge in [0.05, 0.1) is 12.6 Å². The molecule has 0 bridgehead atoms. The number of benzene rings is 1. The van der Waals surface area contributed by atoms with Crippen LogP contribution in [-0.2, 0) is 0 Å². The third-order valence-electron chi connectivity index (χ3n) is 3.49. The fourth-order valence-electron chi connectivity index (χ4n) is 2.49. The molecule has 0 spiro atoms. The van der Waals surface area contributed by atoms with Crippen LogP contribution < -0.4 is 10.1 Å². The molecule has 2 aromatic rings. The number of para-hydroxylation sites is 1. The fourth-order valence-corrected chi connectivity index (χ4v) is 2.49. The number of imidazole rings is 1. The molecule has 1 aromatic heterocycles. The Labute approximate surface area is 113 Å². The van der Waals surface area contributed by atoms with Gasteiger partial charge < -0.3 is 14.6 Å². The lowest BCUT2D eigenvalue weighted by Crippen LogP contribution is -2.22. The van der Waals surface area contributed by atoms with Crippen molar-refractivity contribution >= 4 is 5.95 Å². The van der Waals surface area contributed by atoms with Crippen molar-refractivity contribution in [2.75, 3.05) is 11.9 Å². The fraction of sp³-hybridized carbons (Fsp3) is 0.400. The number of hydrogen-bond donors (Lipinski definition) is 1. The van der Waals surface area contributed by atoms with Crippen LogP contribution in [0.3, 0.4) is 0 Å². The molecule has 0 radical (unpaired) electrons. The maximum atomic E-state index is 5.68. The van der Waals surface area contributed by atoms with E-state index in [0.29, 0.717) is 6.04 Å². The van der Waals surface area contributed by atoms with Crippen LogP contribution in [0.15, 0.2) is 36.7 Å². The number of hydrogen-bond acceptors (Lipinski definition) is 3. The first-order chi connectivity index (χ1) is 9.25. The molecule has 0 fully saturated rings. The van der Waals surface area contributed by atoms with E-state index in [2.05, 4.69) is 40.8 Å². The third-order valence-corrected chi connectivity index (χ3v) is 3.49. The van der Waals surface area contributed by atoms with E-state index in [0.717, 1.165) is 24.7 Å². The summed E-state index contributed by atoms with van der Waals surface area (Å²) in [6.07, 6.45) is 4.81. The predicted octanol–water partition coefficient (Wildman–Crippen LogP) is 3.40. The standard InChI is InChI=1S/C15H19N3O/c1-11(2)18-9-8-16-15(18)17-13-7-10-19-14-6-4-3-5-12(13)14/h3-6,8-9,11,13H,7,10H2,1-2H3,(H,16,17). The summed E-state index contributed by atoms with van der Waals surface area (Å²) < 4.78 is 7.83. The maximum absolute atomic E-state index is 5.68. The maximum Gasteiger partial charge on any atom is 0.203 e. The average molecular weight is 257 g/mol. The van der Waals surface area contributed by atoms with Crippen molar-refractivity contribution in [2.24, 2.45) is 0 Å². The van der Waals surface area contributed by atoms with E-state index in [1.165, 1.54) is 5.56 Å². The van der Waals surface area contributed by atoms with Gasteiger partial charge >= 0.3 is 0 Å². The van der Waals surface area contributed by atoms with Crippen LogP contribution in [0.2, 0.25) is 0 Å². The highest BCUT2D eigenvalue weighted by Gasteiger charge is 2.22. The van der Waals surface area contributed by atoms with Crippen molar-refractivity contribution in [3.63, 3.8) is 0 Å². The third kappa shape index (κ3) is 2.30. The number of fused-ring (bicyclic) bond motifs is 1. The molecule has 0 saturated heterocycles. The first-order valence-electron chi connectivity index (χ1n) is 6.77. The summed E-state index contributed by atoms with van der Waals surface area (Å²) in [5, 5.41) is 3.54. The summed E-state index contributed by atoms with van der Waals surface area (Å²) in [5.41, 5.74) is 1.21. The molecule has 4 heteroatoms. The Morgan fingerprint density at radius 2 is 2.21 bits per heavy atom. The smallest absolute Gasteiger partial charge is 0.203 e. The van der Waals surface area contributed by atoms with Gasteiger partial charge in [0.25, 0.3) is 0 Å². The molecule has 0 aliphatic carbocycles. The Bertz CT molecular complexity index is 562. The molecular weight excluding hydrogens is 238 g/mol. The van der Waals surface area contributed by atoms with Crippen molar-refractivity contribution < 1.29 is 4.74 Å². The second-order valence-electron chi connectivity index (χ2n) is 5.12. The van der Waals surface area contributed by atoms with E-state index in [1.54, 1.807) is 0 Å². The minimum absolute atomic E-state index is 0.268. The molecule has 0 saturated carbocycles. The molecule has 1 aliphatic rings. The molecule has 19 heavy (non-hydrogen) atoms. The van der Waals surface area contributed by atoms with E-state index in [9.17, 15) is 0 Å². The molecule has 1 aliphatic heterocycles. The lowest BCUT2D eigenvalue weighted by molar-refractivity contribution is 0.274. The van der Waals surface area contributed by atoms with Crippen molar-refractivity contribution in [2.45, 2.75) is 32.4 Å². The minimum Gasteiger partial charge on any atom is -0.493 e. The molecule has 1 unspecified atom stereocenters. The van der Waals surface area contributed by atoms with E-state index in [1.807, 2.05) is 24.5 Å². The predicted molar refractivity (Wildman–Crippen MR) is 75.5 cm³/mol. The van der Waals surface area contributed by atoms with Gasteiger partial charge in [0.1, 0.15) is 5.75 Å². The van der Waals surface area contributed by atoms with E-state index < -0.39 is 0 Å². The Balaban J connectivity index is 1.87. The van der Waals surface area contributed by atoms with Gasteiger partial charge in [0.15, 0.2) is 0 Å². The normalized spacial score (nSPS) is 17.9. The van der Waals surface area contributed by atoms with Crippen LogP contribution in [0.25, 0.3) is 0 Å². The molecule has 4 nitrogen and oxygen atoms in total. The Morgan fingerprint density at radius 1 is 1.37 bits per heavy atom. The zero-order valence-corrected chi connectivity index (χ0v) is 11.3. The molecule has 1 N–H and O–H groups in total. The second kappa shape index (κ2) is 4.96. The Hall–Kier alpha value is -1.97. The van der Waals surface area contributed by atoms with E-state index in [4.69, 9.17) is 4.74 Å². The molecule has 2 heterocycles. The van der Waals surface area contributed by atoms with E-state index in [-0.39, 0.29) is 6.04 Å². The summed E-state index contributed by atoms with van der Waals surface area (Å²) in [7, 11) is 0. The van der Waals surface area contributed by atoms with Crippen LogP contribution in [0.5, 0.6) is 5.75 Å². The molecule has 0 amide bonds. The van der Waals surface area contributed by atoms with Crippen LogP contribution in [0.1, 0.15) is 37.9 Å². The minimum atomic E-state index is 0.268. The van der Waals surface area contributed by atoms with E-state index >= 15 is 0 Å². The van der Waals surface area contributed by atoms with Crippen LogP contribution >= 0.6 is 0 Å². The van der Waals surface area contributed by atoms with Crippen LogP contribution in [0.4, 0.5) is 5.95 Å². The lowest BCUT2D eigenvalue weighted by Gasteiger charge is -2.27. The molecular formula is C15H19N3O. The van der Waals surface area contributed by atoms with Crippen molar-refractivity contribution in [1.29, 1.82) is 0 Å². The number of nitrogens with zero attached hydrogens (tertiary/aromatic N) is 2. The van der Waals surface area contributed by atoms with Gasteiger partial charge in [0, 0.05) is 30.4 Å². The average Bonchev–Trinajstić information content (AvgIpc) is 2.87. The summed E-state index contributed by atoms with van der Waals surface area (Å²) in [6.45, 7) is 5.06. The Morgan fingerprint density at radius 3 is 3.05 bits per heavy atom. The first kappa shape index (κ1) is 12.1. The zero-order chi connectivity index (χ0) is 13.2. The molecule has 1 aromatic carbocycles. The highest BCUT2D eigenvalue weighted by Crippen LogP contribution is 2.33. The van der Waals surface area contributed by atoms with Gasteiger partial charge in [-0.3, -0.25) is 0 Å². The van der Waals surface area contributed by atoms with Gasteiger partial charge in [0.2, 0.25) is 5.95 Å². The number of anilines is 1. The van der Waals surface area contributed by atoms with Crippen molar-refractivity contribution in [3.8, 4) is 5.75 Å². The van der Waals surface area contributed by atoms with Gasteiger partial charge in [-0.05, 0) is 19.9 Å². The summed E-state index contributed by atoms with van der Waals surface area (Å²) in [6, 6.07) is 8.88. The van der Waals surface area contributed by atoms with Gasteiger partial charge in [-0.15, -0.1) is 0 Å². The highest BCUT2D eigenvalue weighted by atomic mass is 16.5. The molecule has 3 rings (SSSR count). The van der Waals surface area contributed by atoms with Gasteiger partial charge in [-0.2, -0.15) is 0 Å².